The molecule has 0 aromatic heterocycles. The topological polar surface area (TPSA) is 12.5 Å². The fourth-order valence-electron chi connectivity index (χ4n) is 1.66. The van der Waals surface area contributed by atoms with Crippen molar-refractivity contribution in [1.82, 2.24) is 5.06 Å². The van der Waals surface area contributed by atoms with Gasteiger partial charge in [-0.15, -0.1) is 5.06 Å². The van der Waals surface area contributed by atoms with Gasteiger partial charge in [-0.2, -0.15) is 13.2 Å². The van der Waals surface area contributed by atoms with Crippen molar-refractivity contribution in [3.05, 3.63) is 41.5 Å². The Hall–Kier alpha value is -1.49. The quantitative estimate of drug-likeness (QED) is 0.751. The smallest absolute Gasteiger partial charge is 0.405 e. The van der Waals surface area contributed by atoms with Crippen molar-refractivity contribution in [2.45, 2.75) is 19.1 Å². The van der Waals surface area contributed by atoms with Crippen LogP contribution < -0.4 is 0 Å². The standard InChI is InChI=1S/C12H12F3NO/c1-8-3-5-9(6-4-8)10-7-11(12(13,14)15)16(2)17-10/h3-7,11H,1-2H3. The van der Waals surface area contributed by atoms with Crippen LogP contribution in [0.3, 0.4) is 0 Å². The highest BCUT2D eigenvalue weighted by Crippen LogP contribution is 2.34. The molecule has 5 heteroatoms. The number of benzene rings is 1. The van der Waals surface area contributed by atoms with Gasteiger partial charge < -0.3 is 4.84 Å². The Balaban J connectivity index is 2.27. The molecule has 1 unspecified atom stereocenters. The molecule has 2 rings (SSSR count). The van der Waals surface area contributed by atoms with E-state index in [1.54, 1.807) is 12.1 Å². The molecule has 1 aliphatic heterocycles. The minimum absolute atomic E-state index is 0.245. The minimum atomic E-state index is -4.32. The lowest BCUT2D eigenvalue weighted by Crippen LogP contribution is -2.37. The van der Waals surface area contributed by atoms with Crippen LogP contribution in [0.15, 0.2) is 30.3 Å². The number of rotatable bonds is 1. The molecule has 0 spiro atoms. The van der Waals surface area contributed by atoms with Crippen LogP contribution in [-0.4, -0.2) is 24.3 Å². The normalized spacial score (nSPS) is 21.2. The van der Waals surface area contributed by atoms with Crippen molar-refractivity contribution < 1.29 is 18.0 Å². The number of nitrogens with zero attached hydrogens (tertiary/aromatic N) is 1. The monoisotopic (exact) mass is 243 g/mol. The Morgan fingerprint density at radius 1 is 1.18 bits per heavy atom. The van der Waals surface area contributed by atoms with Crippen LogP contribution in [0, 0.1) is 6.92 Å². The van der Waals surface area contributed by atoms with Crippen molar-refractivity contribution in [2.24, 2.45) is 0 Å². The van der Waals surface area contributed by atoms with E-state index in [1.807, 2.05) is 19.1 Å². The van der Waals surface area contributed by atoms with Gasteiger partial charge in [0.15, 0.2) is 11.8 Å². The summed E-state index contributed by atoms with van der Waals surface area (Å²) >= 11 is 0. The van der Waals surface area contributed by atoms with Gasteiger partial charge in [-0.05, 0) is 13.0 Å². The maximum absolute atomic E-state index is 12.6. The summed E-state index contributed by atoms with van der Waals surface area (Å²) < 4.78 is 37.8. The summed E-state index contributed by atoms with van der Waals surface area (Å²) in [5, 5.41) is 0.815. The molecule has 0 aliphatic carbocycles. The van der Waals surface area contributed by atoms with Crippen LogP contribution in [-0.2, 0) is 4.84 Å². The van der Waals surface area contributed by atoms with Crippen LogP contribution in [0.4, 0.5) is 13.2 Å². The first-order chi connectivity index (χ1) is 7.88. The van der Waals surface area contributed by atoms with Gasteiger partial charge in [-0.25, -0.2) is 0 Å². The van der Waals surface area contributed by atoms with Crippen molar-refractivity contribution >= 4 is 5.76 Å². The highest BCUT2D eigenvalue weighted by Gasteiger charge is 2.45. The maximum Gasteiger partial charge on any atom is 0.410 e. The number of hydroxylamine groups is 2. The van der Waals surface area contributed by atoms with Crippen LogP contribution in [0.25, 0.3) is 5.76 Å². The Bertz CT molecular complexity index is 436. The van der Waals surface area contributed by atoms with E-state index in [9.17, 15) is 13.2 Å². The molecule has 17 heavy (non-hydrogen) atoms. The van der Waals surface area contributed by atoms with Gasteiger partial charge in [0.1, 0.15) is 0 Å². The molecule has 1 atom stereocenters. The van der Waals surface area contributed by atoms with Crippen LogP contribution in [0.2, 0.25) is 0 Å². The van der Waals surface area contributed by atoms with Crippen molar-refractivity contribution in [3.63, 3.8) is 0 Å². The Morgan fingerprint density at radius 3 is 2.24 bits per heavy atom. The number of hydrogen-bond acceptors (Lipinski definition) is 2. The third-order valence-corrected chi connectivity index (χ3v) is 2.61. The molecule has 2 nitrogen and oxygen atoms in total. The summed E-state index contributed by atoms with van der Waals surface area (Å²) in [4.78, 5) is 5.10. The predicted molar refractivity (Wildman–Crippen MR) is 57.8 cm³/mol. The second-order valence-electron chi connectivity index (χ2n) is 4.02. The van der Waals surface area contributed by atoms with Crippen molar-refractivity contribution in [3.8, 4) is 0 Å². The fraction of sp³-hybridized carbons (Fsp3) is 0.333. The molecule has 0 fully saturated rings. The SMILES string of the molecule is Cc1ccc(C2=CC(C(F)(F)F)N(C)O2)cc1. The Labute approximate surface area is 97.2 Å². The van der Waals surface area contributed by atoms with Crippen LogP contribution in [0.5, 0.6) is 0 Å². The Morgan fingerprint density at radius 2 is 1.76 bits per heavy atom. The van der Waals surface area contributed by atoms with E-state index in [1.165, 1.54) is 7.05 Å². The average Bonchev–Trinajstić information content (AvgIpc) is 2.61. The number of likely N-dealkylation sites (N-methyl/N-ethyl adjacent to an activating group) is 1. The van der Waals surface area contributed by atoms with E-state index in [0.29, 0.717) is 5.56 Å². The molecule has 1 aromatic carbocycles. The zero-order chi connectivity index (χ0) is 12.6. The molecular weight excluding hydrogens is 231 g/mol. The van der Waals surface area contributed by atoms with E-state index < -0.39 is 12.2 Å². The van der Waals surface area contributed by atoms with Crippen molar-refractivity contribution in [1.29, 1.82) is 0 Å². The molecule has 0 radical (unpaired) electrons. The molecule has 92 valence electrons. The summed E-state index contributed by atoms with van der Waals surface area (Å²) in [7, 11) is 1.27. The van der Waals surface area contributed by atoms with Crippen LogP contribution in [0.1, 0.15) is 11.1 Å². The second kappa shape index (κ2) is 4.07. The first-order valence-electron chi connectivity index (χ1n) is 5.14. The van der Waals surface area contributed by atoms with Crippen LogP contribution >= 0.6 is 0 Å². The molecule has 1 heterocycles. The highest BCUT2D eigenvalue weighted by molar-refractivity contribution is 5.62. The molecule has 1 aromatic rings. The Kier molecular flexibility index (Phi) is 2.87. The van der Waals surface area contributed by atoms with E-state index in [2.05, 4.69) is 0 Å². The van der Waals surface area contributed by atoms with Crippen molar-refractivity contribution in [2.75, 3.05) is 7.05 Å². The molecule has 1 aliphatic rings. The number of halogens is 3. The lowest BCUT2D eigenvalue weighted by Gasteiger charge is -2.20. The van der Waals surface area contributed by atoms with E-state index >= 15 is 0 Å². The summed E-state index contributed by atoms with van der Waals surface area (Å²) in [5.41, 5.74) is 1.70. The summed E-state index contributed by atoms with van der Waals surface area (Å²) in [5.74, 6) is 0.245. The van der Waals surface area contributed by atoms with E-state index in [0.717, 1.165) is 16.7 Å². The highest BCUT2D eigenvalue weighted by atomic mass is 19.4. The molecular formula is C12H12F3NO. The minimum Gasteiger partial charge on any atom is -0.405 e. The van der Waals surface area contributed by atoms with E-state index in [4.69, 9.17) is 4.84 Å². The van der Waals surface area contributed by atoms with Gasteiger partial charge in [-0.3, -0.25) is 0 Å². The summed E-state index contributed by atoms with van der Waals surface area (Å²) in [6.07, 6.45) is -3.23. The molecule has 0 saturated carbocycles. The molecule has 0 bridgehead atoms. The predicted octanol–water partition coefficient (Wildman–Crippen LogP) is 3.14. The number of alkyl halides is 3. The van der Waals surface area contributed by atoms with E-state index in [-0.39, 0.29) is 5.76 Å². The zero-order valence-corrected chi connectivity index (χ0v) is 9.45. The fourth-order valence-corrected chi connectivity index (χ4v) is 1.66. The van der Waals surface area contributed by atoms with Gasteiger partial charge in [-0.1, -0.05) is 29.8 Å². The summed E-state index contributed by atoms with van der Waals surface area (Å²) in [6, 6.07) is 5.47. The maximum atomic E-state index is 12.6. The molecule has 0 N–H and O–H groups in total. The molecule has 0 amide bonds. The third kappa shape index (κ3) is 2.44. The number of hydrogen-bond donors (Lipinski definition) is 0. The molecule has 0 saturated heterocycles. The first kappa shape index (κ1) is 12.0. The van der Waals surface area contributed by atoms with Gasteiger partial charge in [0.25, 0.3) is 0 Å². The largest absolute Gasteiger partial charge is 0.410 e. The van der Waals surface area contributed by atoms with Gasteiger partial charge >= 0.3 is 6.18 Å². The zero-order valence-electron chi connectivity index (χ0n) is 9.45. The van der Waals surface area contributed by atoms with Gasteiger partial charge in [0.05, 0.1) is 0 Å². The third-order valence-electron chi connectivity index (χ3n) is 2.61. The first-order valence-corrected chi connectivity index (χ1v) is 5.14. The average molecular weight is 243 g/mol. The van der Waals surface area contributed by atoms with Gasteiger partial charge in [0, 0.05) is 12.6 Å². The van der Waals surface area contributed by atoms with Gasteiger partial charge in [0.2, 0.25) is 0 Å². The summed E-state index contributed by atoms with van der Waals surface area (Å²) in [6.45, 7) is 1.91. The second-order valence-corrected chi connectivity index (χ2v) is 4.02. The number of aryl methyl sites for hydroxylation is 1. The lowest BCUT2D eigenvalue weighted by atomic mass is 10.1. The lowest BCUT2D eigenvalue weighted by molar-refractivity contribution is -0.213.